The molecule has 12 heavy (non-hydrogen) atoms. The van der Waals surface area contributed by atoms with E-state index in [0.29, 0.717) is 5.66 Å². The van der Waals surface area contributed by atoms with Gasteiger partial charge in [-0.25, -0.2) is 0 Å². The van der Waals surface area contributed by atoms with Gasteiger partial charge in [-0.05, 0) is 12.1 Å². The van der Waals surface area contributed by atoms with Crippen molar-refractivity contribution in [1.29, 1.82) is 0 Å². The Kier molecular flexibility index (Phi) is 1.66. The summed E-state index contributed by atoms with van der Waals surface area (Å²) in [6.07, 6.45) is 0. The largest absolute Gasteiger partial charge is 0.468 e. The fourth-order valence-electron chi connectivity index (χ4n) is 1.21. The van der Waals surface area contributed by atoms with Gasteiger partial charge in [0.1, 0.15) is 11.2 Å². The van der Waals surface area contributed by atoms with E-state index >= 15 is 0 Å². The second-order valence-electron chi connectivity index (χ2n) is 2.86. The summed E-state index contributed by atoms with van der Waals surface area (Å²) in [5.41, 5.74) is 1.45. The third-order valence-corrected chi connectivity index (χ3v) is 1.86. The number of benzene rings is 1. The zero-order valence-corrected chi connectivity index (χ0v) is 6.82. The highest BCUT2D eigenvalue weighted by atomic mass is 16.3. The molecular weight excluding hydrogens is 151 g/mol. The van der Waals surface area contributed by atoms with Gasteiger partial charge in [-0.3, -0.25) is 0 Å². The molecule has 0 amide bonds. The van der Waals surface area contributed by atoms with Crippen molar-refractivity contribution in [3.63, 3.8) is 0 Å². The topological polar surface area (TPSA) is 33.4 Å². The fraction of sp³-hybridized carbons (Fsp3) is 0.111. The summed E-state index contributed by atoms with van der Waals surface area (Å²) >= 11 is 0. The minimum absolute atomic E-state index is 0.530. The quantitative estimate of drug-likeness (QED) is 0.636. The lowest BCUT2D eigenvalue weighted by Crippen LogP contribution is -2.23. The summed E-state index contributed by atoms with van der Waals surface area (Å²) in [5, 5.41) is 10.3. The molecule has 2 aromatic rings. The average Bonchev–Trinajstić information content (AvgIpc) is 2.46. The van der Waals surface area contributed by atoms with E-state index in [1.54, 1.807) is 6.82 Å². The van der Waals surface area contributed by atoms with E-state index in [4.69, 9.17) is 4.42 Å². The van der Waals surface area contributed by atoms with Crippen molar-refractivity contribution >= 4 is 23.5 Å². The third-order valence-electron chi connectivity index (χ3n) is 1.86. The summed E-state index contributed by atoms with van der Waals surface area (Å²) < 4.78 is 5.38. The summed E-state index contributed by atoms with van der Waals surface area (Å²) in [5.74, 6) is 0. The molecule has 1 N–H and O–H groups in total. The van der Waals surface area contributed by atoms with E-state index in [0.717, 1.165) is 11.0 Å². The van der Waals surface area contributed by atoms with Crippen molar-refractivity contribution in [1.82, 2.24) is 0 Å². The van der Waals surface area contributed by atoms with Gasteiger partial charge in [-0.15, -0.1) is 0 Å². The maximum atomic E-state index is 9.23. The van der Waals surface area contributed by atoms with Crippen LogP contribution in [0.2, 0.25) is 6.82 Å². The molecule has 2 rings (SSSR count). The Hall–Kier alpha value is -1.22. The van der Waals surface area contributed by atoms with Gasteiger partial charge in [0.2, 0.25) is 0 Å². The maximum absolute atomic E-state index is 9.23. The Balaban J connectivity index is 2.62. The summed E-state index contributed by atoms with van der Waals surface area (Å²) in [7, 11) is 0. The molecule has 0 saturated carbocycles. The van der Waals surface area contributed by atoms with Crippen LogP contribution in [0.3, 0.4) is 0 Å². The fourth-order valence-corrected chi connectivity index (χ4v) is 1.21. The molecule has 0 aliphatic carbocycles. The summed E-state index contributed by atoms with van der Waals surface area (Å²) in [6.45, 7) is 1.16. The van der Waals surface area contributed by atoms with Crippen molar-refractivity contribution < 1.29 is 9.44 Å². The van der Waals surface area contributed by atoms with Crippen LogP contribution in [0.5, 0.6) is 0 Å². The monoisotopic (exact) mass is 160 g/mol. The van der Waals surface area contributed by atoms with Gasteiger partial charge in [-0.2, -0.15) is 0 Å². The van der Waals surface area contributed by atoms with Crippen molar-refractivity contribution in [2.24, 2.45) is 0 Å². The molecule has 60 valence electrons. The van der Waals surface area contributed by atoms with Gasteiger partial charge in [0, 0.05) is 5.39 Å². The van der Waals surface area contributed by atoms with Gasteiger partial charge in [0.25, 0.3) is 0 Å². The standard InChI is InChI=1S/C9H9BO2/c1-10(11)9-6-7-4-2-3-5-8(7)12-9/h2-6,11H,1H3. The van der Waals surface area contributed by atoms with E-state index in [1.165, 1.54) is 0 Å². The molecule has 0 radical (unpaired) electrons. The molecule has 0 spiro atoms. The highest BCUT2D eigenvalue weighted by Crippen LogP contribution is 2.12. The second kappa shape index (κ2) is 2.68. The average molecular weight is 160 g/mol. The second-order valence-corrected chi connectivity index (χ2v) is 2.86. The predicted molar refractivity (Wildman–Crippen MR) is 49.7 cm³/mol. The van der Waals surface area contributed by atoms with Crippen molar-refractivity contribution in [3.8, 4) is 0 Å². The van der Waals surface area contributed by atoms with Crippen molar-refractivity contribution in [2.45, 2.75) is 6.82 Å². The van der Waals surface area contributed by atoms with Crippen LogP contribution in [0.15, 0.2) is 34.7 Å². The lowest BCUT2D eigenvalue weighted by atomic mass is 9.69. The molecule has 0 bridgehead atoms. The van der Waals surface area contributed by atoms with Crippen molar-refractivity contribution in [2.75, 3.05) is 0 Å². The molecule has 0 aliphatic rings. The molecule has 1 heterocycles. The molecule has 1 aromatic carbocycles. The van der Waals surface area contributed by atoms with Gasteiger partial charge in [-0.1, -0.05) is 25.0 Å². The number of para-hydroxylation sites is 1. The highest BCUT2D eigenvalue weighted by molar-refractivity contribution is 6.63. The van der Waals surface area contributed by atoms with Gasteiger partial charge in [0.05, 0.1) is 0 Å². The van der Waals surface area contributed by atoms with Crippen LogP contribution in [0, 0.1) is 0 Å². The summed E-state index contributed by atoms with van der Waals surface area (Å²) in [6, 6.07) is 9.58. The molecule has 2 nitrogen and oxygen atoms in total. The molecule has 3 heteroatoms. The Bertz CT molecular complexity index is 359. The van der Waals surface area contributed by atoms with Crippen LogP contribution in [-0.2, 0) is 0 Å². The number of rotatable bonds is 1. The lowest BCUT2D eigenvalue weighted by Gasteiger charge is -1.90. The van der Waals surface area contributed by atoms with E-state index in [-0.39, 0.29) is 0 Å². The normalized spacial score (nSPS) is 10.5. The van der Waals surface area contributed by atoms with Crippen molar-refractivity contribution in [3.05, 3.63) is 30.3 Å². The van der Waals surface area contributed by atoms with E-state index < -0.39 is 6.92 Å². The molecular formula is C9H9BO2. The minimum atomic E-state index is -0.530. The van der Waals surface area contributed by atoms with Crippen LogP contribution in [-0.4, -0.2) is 11.9 Å². The van der Waals surface area contributed by atoms with Crippen LogP contribution < -0.4 is 5.66 Å². The first-order chi connectivity index (χ1) is 5.77. The number of furan rings is 1. The van der Waals surface area contributed by atoms with Crippen LogP contribution >= 0.6 is 0 Å². The summed E-state index contributed by atoms with van der Waals surface area (Å²) in [4.78, 5) is 0. The third kappa shape index (κ3) is 1.12. The Morgan fingerprint density at radius 1 is 1.33 bits per heavy atom. The predicted octanol–water partition coefficient (Wildman–Crippen LogP) is 1.25. The lowest BCUT2D eigenvalue weighted by molar-refractivity contribution is 0.565. The number of hydrogen-bond acceptors (Lipinski definition) is 2. The first-order valence-electron chi connectivity index (χ1n) is 3.94. The van der Waals surface area contributed by atoms with Gasteiger partial charge >= 0.3 is 6.92 Å². The van der Waals surface area contributed by atoms with Crippen LogP contribution in [0.4, 0.5) is 0 Å². The van der Waals surface area contributed by atoms with Gasteiger partial charge in [0.15, 0.2) is 0 Å². The van der Waals surface area contributed by atoms with Crippen LogP contribution in [0.25, 0.3) is 11.0 Å². The Labute approximate surface area is 70.9 Å². The highest BCUT2D eigenvalue weighted by Gasteiger charge is 2.11. The molecule has 0 unspecified atom stereocenters. The van der Waals surface area contributed by atoms with E-state index in [2.05, 4.69) is 0 Å². The maximum Gasteiger partial charge on any atom is 0.362 e. The smallest absolute Gasteiger partial charge is 0.362 e. The molecule has 1 aromatic heterocycles. The molecule has 0 atom stereocenters. The minimum Gasteiger partial charge on any atom is -0.468 e. The Morgan fingerprint density at radius 3 is 2.75 bits per heavy atom. The first-order valence-corrected chi connectivity index (χ1v) is 3.94. The SMILES string of the molecule is CB(O)c1cc2ccccc2o1. The van der Waals surface area contributed by atoms with Crippen LogP contribution in [0.1, 0.15) is 0 Å². The van der Waals surface area contributed by atoms with E-state index in [9.17, 15) is 5.02 Å². The van der Waals surface area contributed by atoms with Gasteiger partial charge < -0.3 is 9.44 Å². The molecule has 0 fully saturated rings. The van der Waals surface area contributed by atoms with E-state index in [1.807, 2.05) is 30.3 Å². The zero-order chi connectivity index (χ0) is 8.55. The molecule has 0 aliphatic heterocycles. The molecule has 0 saturated heterocycles. The zero-order valence-electron chi connectivity index (χ0n) is 6.82. The Morgan fingerprint density at radius 2 is 2.08 bits per heavy atom. The first kappa shape index (κ1) is 7.43. The number of hydrogen-bond donors (Lipinski definition) is 1. The number of fused-ring (bicyclic) bond motifs is 1.